The highest BCUT2D eigenvalue weighted by molar-refractivity contribution is 5.90. The molecule has 5 nitrogen and oxygen atoms in total. The molecule has 2 saturated heterocycles. The highest BCUT2D eigenvalue weighted by atomic mass is 16.5. The van der Waals surface area contributed by atoms with Crippen LogP contribution in [0.25, 0.3) is 0 Å². The van der Waals surface area contributed by atoms with Crippen molar-refractivity contribution in [2.75, 3.05) is 13.1 Å². The lowest BCUT2D eigenvalue weighted by atomic mass is 9.77. The van der Waals surface area contributed by atoms with E-state index in [0.717, 1.165) is 12.8 Å². The number of likely N-dealkylation sites (tertiary alicyclic amines) is 1. The van der Waals surface area contributed by atoms with E-state index < -0.39 is 29.5 Å². The zero-order valence-corrected chi connectivity index (χ0v) is 14.5. The molecule has 0 aromatic carbocycles. The maximum atomic E-state index is 12.7. The van der Waals surface area contributed by atoms with Crippen molar-refractivity contribution in [3.63, 3.8) is 0 Å². The van der Waals surface area contributed by atoms with Gasteiger partial charge in [0.05, 0.1) is 18.6 Å². The van der Waals surface area contributed by atoms with Gasteiger partial charge in [-0.25, -0.2) is 0 Å². The molecule has 0 saturated carbocycles. The fourth-order valence-corrected chi connectivity index (χ4v) is 3.97. The van der Waals surface area contributed by atoms with Crippen molar-refractivity contribution in [3.8, 4) is 0 Å². The van der Waals surface area contributed by atoms with E-state index >= 15 is 0 Å². The smallest absolute Gasteiger partial charge is 0.310 e. The molecule has 2 fully saturated rings. The van der Waals surface area contributed by atoms with Gasteiger partial charge in [-0.1, -0.05) is 35.5 Å². The van der Waals surface area contributed by atoms with E-state index in [1.54, 1.807) is 11.0 Å². The normalized spacial score (nSPS) is 34.0. The van der Waals surface area contributed by atoms with Gasteiger partial charge in [0.2, 0.25) is 5.91 Å². The van der Waals surface area contributed by atoms with Crippen LogP contribution in [0.1, 0.15) is 33.6 Å². The molecule has 0 aromatic heterocycles. The number of allylic oxidation sites excluding steroid dienone is 3. The number of aliphatic carboxylic acids is 1. The molecule has 3 rings (SSSR count). The topological polar surface area (TPSA) is 66.8 Å². The number of fused-ring (bicyclic) bond motifs is 1. The molecule has 1 amide bonds. The Hall–Kier alpha value is -1.88. The molecule has 2 bridgehead atoms. The number of hydrogen-bond acceptors (Lipinski definition) is 3. The van der Waals surface area contributed by atoms with Crippen LogP contribution in [0.3, 0.4) is 0 Å². The highest BCUT2D eigenvalue weighted by Gasteiger charge is 2.66. The Bertz CT molecular complexity index is 644. The van der Waals surface area contributed by atoms with Crippen molar-refractivity contribution >= 4 is 11.9 Å². The lowest BCUT2D eigenvalue weighted by Crippen LogP contribution is -2.39. The van der Waals surface area contributed by atoms with E-state index in [4.69, 9.17) is 4.74 Å². The molecule has 130 valence electrons. The van der Waals surface area contributed by atoms with E-state index in [2.05, 4.69) is 32.9 Å². The van der Waals surface area contributed by atoms with Gasteiger partial charge in [0.1, 0.15) is 11.5 Å². The summed E-state index contributed by atoms with van der Waals surface area (Å²) in [6, 6.07) is 0. The number of carboxylic acid groups (broad SMARTS) is 1. The molecule has 1 N–H and O–H groups in total. The summed E-state index contributed by atoms with van der Waals surface area (Å²) in [6.07, 6.45) is 9.48. The van der Waals surface area contributed by atoms with E-state index in [9.17, 15) is 14.7 Å². The van der Waals surface area contributed by atoms with Crippen molar-refractivity contribution in [1.82, 2.24) is 4.90 Å². The van der Waals surface area contributed by atoms with Crippen molar-refractivity contribution in [3.05, 3.63) is 35.5 Å². The molecular formula is C19H25NO4. The van der Waals surface area contributed by atoms with Crippen LogP contribution >= 0.6 is 0 Å². The molecule has 0 unspecified atom stereocenters. The third-order valence-electron chi connectivity index (χ3n) is 5.22. The Morgan fingerprint density at radius 2 is 2.17 bits per heavy atom. The van der Waals surface area contributed by atoms with Gasteiger partial charge in [-0.3, -0.25) is 9.59 Å². The van der Waals surface area contributed by atoms with Crippen molar-refractivity contribution in [2.45, 2.75) is 45.3 Å². The van der Waals surface area contributed by atoms with Crippen LogP contribution in [0.4, 0.5) is 0 Å². The van der Waals surface area contributed by atoms with E-state index in [1.807, 2.05) is 6.08 Å². The fraction of sp³-hybridized carbons (Fsp3) is 0.579. The van der Waals surface area contributed by atoms with Crippen molar-refractivity contribution in [2.24, 2.45) is 11.8 Å². The number of nitrogens with zero attached hydrogens (tertiary/aromatic N) is 1. The number of carbonyl (C=O) groups excluding carboxylic acids is 1. The van der Waals surface area contributed by atoms with Crippen molar-refractivity contribution < 1.29 is 19.4 Å². The molecular weight excluding hydrogens is 306 g/mol. The summed E-state index contributed by atoms with van der Waals surface area (Å²) < 4.78 is 5.87. The predicted octanol–water partition coefficient (Wildman–Crippen LogP) is 2.55. The second-order valence-corrected chi connectivity index (χ2v) is 7.33. The van der Waals surface area contributed by atoms with E-state index in [1.165, 1.54) is 11.1 Å². The van der Waals surface area contributed by atoms with Gasteiger partial charge in [0.25, 0.3) is 0 Å². The second kappa shape index (κ2) is 6.20. The summed E-state index contributed by atoms with van der Waals surface area (Å²) in [4.78, 5) is 26.0. The molecule has 24 heavy (non-hydrogen) atoms. The van der Waals surface area contributed by atoms with Gasteiger partial charge in [-0.2, -0.15) is 0 Å². The second-order valence-electron chi connectivity index (χ2n) is 7.33. The number of hydrogen-bond donors (Lipinski definition) is 1. The third kappa shape index (κ3) is 2.81. The van der Waals surface area contributed by atoms with E-state index in [0.29, 0.717) is 13.1 Å². The predicted molar refractivity (Wildman–Crippen MR) is 90.4 cm³/mol. The molecule has 3 aliphatic rings. The van der Waals surface area contributed by atoms with Crippen LogP contribution in [0.15, 0.2) is 35.5 Å². The molecule has 0 aromatic rings. The van der Waals surface area contributed by atoms with Crippen LogP contribution in [0, 0.1) is 11.8 Å². The number of amides is 1. The van der Waals surface area contributed by atoms with Gasteiger partial charge >= 0.3 is 5.97 Å². The SMILES string of the molecule is CC(C)=CCC/C(C)=C/CN1C[C@@]23C=C[C@@H](O2)[C@@H](C(=O)O)[C@H]3C1=O. The summed E-state index contributed by atoms with van der Waals surface area (Å²) in [5, 5.41) is 9.44. The van der Waals surface area contributed by atoms with Crippen molar-refractivity contribution in [1.29, 1.82) is 0 Å². The monoisotopic (exact) mass is 331 g/mol. The maximum Gasteiger partial charge on any atom is 0.310 e. The molecule has 5 heteroatoms. The highest BCUT2D eigenvalue weighted by Crippen LogP contribution is 2.51. The standard InChI is InChI=1S/C19H25NO4/c1-12(2)5-4-6-13(3)8-10-20-11-19-9-7-14(24-19)15(18(22)23)16(19)17(20)21/h5,7-9,14-16H,4,6,10-11H2,1-3H3,(H,22,23)/b13-8+/t14-,15-,16+,19-/m1/s1. The summed E-state index contributed by atoms with van der Waals surface area (Å²) in [6.45, 7) is 7.21. The molecule has 0 radical (unpaired) electrons. The number of carboxylic acids is 1. The zero-order valence-electron chi connectivity index (χ0n) is 14.5. The molecule has 1 spiro atoms. The fourth-order valence-electron chi connectivity index (χ4n) is 3.97. The zero-order chi connectivity index (χ0) is 17.5. The quantitative estimate of drug-likeness (QED) is 0.760. The summed E-state index contributed by atoms with van der Waals surface area (Å²) in [5.41, 5.74) is 1.82. The Morgan fingerprint density at radius 1 is 1.42 bits per heavy atom. The number of rotatable bonds is 6. The van der Waals surface area contributed by atoms with Gasteiger partial charge in [-0.15, -0.1) is 0 Å². The first-order valence-electron chi connectivity index (χ1n) is 8.52. The van der Waals surface area contributed by atoms with Gasteiger partial charge < -0.3 is 14.7 Å². The van der Waals surface area contributed by atoms with Crippen LogP contribution < -0.4 is 0 Å². The summed E-state index contributed by atoms with van der Waals surface area (Å²) in [5.74, 6) is -2.37. The molecule has 3 aliphatic heterocycles. The maximum absolute atomic E-state index is 12.7. The Balaban J connectivity index is 1.66. The van der Waals surface area contributed by atoms with Gasteiger partial charge in [-0.05, 0) is 33.6 Å². The lowest BCUT2D eigenvalue weighted by Gasteiger charge is -2.21. The lowest BCUT2D eigenvalue weighted by molar-refractivity contribution is -0.147. The minimum absolute atomic E-state index is 0.0948. The first kappa shape index (κ1) is 17.0. The van der Waals surface area contributed by atoms with E-state index in [-0.39, 0.29) is 5.91 Å². The van der Waals surface area contributed by atoms with Crippen LogP contribution in [0.2, 0.25) is 0 Å². The molecule has 3 heterocycles. The van der Waals surface area contributed by atoms with Gasteiger partial charge in [0, 0.05) is 6.54 Å². The largest absolute Gasteiger partial charge is 0.481 e. The van der Waals surface area contributed by atoms with Crippen LogP contribution in [-0.2, 0) is 14.3 Å². The number of ether oxygens (including phenoxy) is 1. The van der Waals surface area contributed by atoms with Crippen LogP contribution in [-0.4, -0.2) is 46.7 Å². The summed E-state index contributed by atoms with van der Waals surface area (Å²) >= 11 is 0. The number of carbonyl (C=O) groups is 2. The molecule has 4 atom stereocenters. The first-order valence-corrected chi connectivity index (χ1v) is 8.52. The van der Waals surface area contributed by atoms with Crippen LogP contribution in [0.5, 0.6) is 0 Å². The average molecular weight is 331 g/mol. The minimum atomic E-state index is -0.945. The Kier molecular flexibility index (Phi) is 4.38. The average Bonchev–Trinajstić information content (AvgIpc) is 3.13. The first-order chi connectivity index (χ1) is 11.3. The third-order valence-corrected chi connectivity index (χ3v) is 5.22. The minimum Gasteiger partial charge on any atom is -0.481 e. The Morgan fingerprint density at radius 3 is 2.83 bits per heavy atom. The summed E-state index contributed by atoms with van der Waals surface area (Å²) in [7, 11) is 0. The van der Waals surface area contributed by atoms with Gasteiger partial charge in [0.15, 0.2) is 0 Å². The molecule has 0 aliphatic carbocycles. The Labute approximate surface area is 142 Å².